The standard InChI is InChI=1S/C14H18FN3O/c1-10-5-13(18(2)17-10)9-19-14-7-11(3-4-16)6-12(15)8-14/h5-8H,3-4,9,16H2,1-2H3. The highest BCUT2D eigenvalue weighted by molar-refractivity contribution is 5.30. The van der Waals surface area contributed by atoms with Gasteiger partial charge >= 0.3 is 0 Å². The molecule has 102 valence electrons. The monoisotopic (exact) mass is 263 g/mol. The summed E-state index contributed by atoms with van der Waals surface area (Å²) in [6.45, 7) is 2.78. The molecule has 0 saturated heterocycles. The van der Waals surface area contributed by atoms with Crippen LogP contribution in [0.25, 0.3) is 0 Å². The van der Waals surface area contributed by atoms with Crippen molar-refractivity contribution in [2.24, 2.45) is 12.8 Å². The maximum absolute atomic E-state index is 13.4. The van der Waals surface area contributed by atoms with Crippen LogP contribution in [-0.4, -0.2) is 16.3 Å². The van der Waals surface area contributed by atoms with Gasteiger partial charge < -0.3 is 10.5 Å². The first kappa shape index (κ1) is 13.5. The lowest BCUT2D eigenvalue weighted by atomic mass is 10.1. The average Bonchev–Trinajstić information content (AvgIpc) is 2.65. The summed E-state index contributed by atoms with van der Waals surface area (Å²) in [4.78, 5) is 0. The molecule has 0 aliphatic rings. The van der Waals surface area contributed by atoms with Crippen LogP contribution in [0.4, 0.5) is 4.39 Å². The predicted molar refractivity (Wildman–Crippen MR) is 71.4 cm³/mol. The van der Waals surface area contributed by atoms with Gasteiger partial charge in [0.15, 0.2) is 0 Å². The molecule has 1 aromatic carbocycles. The zero-order valence-electron chi connectivity index (χ0n) is 11.2. The van der Waals surface area contributed by atoms with Gasteiger partial charge in [0.05, 0.1) is 11.4 Å². The minimum Gasteiger partial charge on any atom is -0.487 e. The molecule has 0 amide bonds. The second-order valence-electron chi connectivity index (χ2n) is 4.52. The Morgan fingerprint density at radius 1 is 1.32 bits per heavy atom. The molecule has 0 aliphatic carbocycles. The van der Waals surface area contributed by atoms with Crippen LogP contribution in [0.2, 0.25) is 0 Å². The maximum atomic E-state index is 13.4. The smallest absolute Gasteiger partial charge is 0.130 e. The van der Waals surface area contributed by atoms with Crippen molar-refractivity contribution in [2.45, 2.75) is 20.0 Å². The van der Waals surface area contributed by atoms with E-state index in [4.69, 9.17) is 10.5 Å². The number of aromatic nitrogens is 2. The summed E-state index contributed by atoms with van der Waals surface area (Å²) < 4.78 is 20.8. The first-order valence-corrected chi connectivity index (χ1v) is 6.20. The van der Waals surface area contributed by atoms with E-state index < -0.39 is 0 Å². The van der Waals surface area contributed by atoms with Crippen molar-refractivity contribution in [3.8, 4) is 5.75 Å². The van der Waals surface area contributed by atoms with Crippen molar-refractivity contribution in [2.75, 3.05) is 6.54 Å². The summed E-state index contributed by atoms with van der Waals surface area (Å²) in [5, 5.41) is 4.23. The SMILES string of the molecule is Cc1cc(COc2cc(F)cc(CCN)c2)n(C)n1. The van der Waals surface area contributed by atoms with Gasteiger partial charge in [0.25, 0.3) is 0 Å². The van der Waals surface area contributed by atoms with Crippen LogP contribution >= 0.6 is 0 Å². The molecule has 0 bridgehead atoms. The number of hydrogen-bond acceptors (Lipinski definition) is 3. The number of hydrogen-bond donors (Lipinski definition) is 1. The Morgan fingerprint density at radius 3 is 2.74 bits per heavy atom. The van der Waals surface area contributed by atoms with Crippen molar-refractivity contribution in [3.05, 3.63) is 47.0 Å². The summed E-state index contributed by atoms with van der Waals surface area (Å²) in [6, 6.07) is 6.62. The number of aryl methyl sites for hydroxylation is 2. The molecule has 2 N–H and O–H groups in total. The van der Waals surface area contributed by atoms with Crippen molar-refractivity contribution in [1.82, 2.24) is 9.78 Å². The molecule has 2 rings (SSSR count). The third-order valence-electron chi connectivity index (χ3n) is 2.85. The Balaban J connectivity index is 2.08. The number of halogens is 1. The Kier molecular flexibility index (Phi) is 4.16. The molecule has 0 unspecified atom stereocenters. The average molecular weight is 263 g/mol. The number of rotatable bonds is 5. The third kappa shape index (κ3) is 3.54. The zero-order valence-corrected chi connectivity index (χ0v) is 11.2. The number of benzene rings is 1. The highest BCUT2D eigenvalue weighted by Crippen LogP contribution is 2.18. The van der Waals surface area contributed by atoms with Gasteiger partial charge in [0.1, 0.15) is 18.2 Å². The molecule has 0 radical (unpaired) electrons. The molecule has 0 atom stereocenters. The second kappa shape index (κ2) is 5.84. The van der Waals surface area contributed by atoms with E-state index in [0.717, 1.165) is 17.0 Å². The van der Waals surface area contributed by atoms with Crippen molar-refractivity contribution in [1.29, 1.82) is 0 Å². The van der Waals surface area contributed by atoms with E-state index in [-0.39, 0.29) is 5.82 Å². The van der Waals surface area contributed by atoms with Gasteiger partial charge in [-0.1, -0.05) is 0 Å². The van der Waals surface area contributed by atoms with Crippen molar-refractivity contribution < 1.29 is 9.13 Å². The fourth-order valence-electron chi connectivity index (χ4n) is 1.97. The van der Waals surface area contributed by atoms with Crippen molar-refractivity contribution in [3.63, 3.8) is 0 Å². The summed E-state index contributed by atoms with van der Waals surface area (Å²) in [5.41, 5.74) is 8.20. The first-order valence-electron chi connectivity index (χ1n) is 6.20. The van der Waals surface area contributed by atoms with Gasteiger partial charge in [0.2, 0.25) is 0 Å². The van der Waals surface area contributed by atoms with E-state index in [0.29, 0.717) is 25.3 Å². The lowest BCUT2D eigenvalue weighted by Crippen LogP contribution is -2.05. The normalized spacial score (nSPS) is 10.7. The Hall–Kier alpha value is -1.88. The van der Waals surface area contributed by atoms with E-state index in [1.54, 1.807) is 4.68 Å². The molecule has 2 aromatic rings. The van der Waals surface area contributed by atoms with Gasteiger partial charge in [-0.2, -0.15) is 5.10 Å². The molecule has 0 spiro atoms. The molecule has 1 heterocycles. The van der Waals surface area contributed by atoms with Crippen LogP contribution in [0.15, 0.2) is 24.3 Å². The number of ether oxygens (including phenoxy) is 1. The first-order chi connectivity index (χ1) is 9.08. The molecular weight excluding hydrogens is 245 g/mol. The van der Waals surface area contributed by atoms with Crippen LogP contribution in [0.3, 0.4) is 0 Å². The molecule has 1 aromatic heterocycles. The minimum absolute atomic E-state index is 0.304. The quantitative estimate of drug-likeness (QED) is 0.897. The Labute approximate surface area is 112 Å². The summed E-state index contributed by atoms with van der Waals surface area (Å²) in [6.07, 6.45) is 0.638. The Bertz CT molecular complexity index is 566. The van der Waals surface area contributed by atoms with E-state index in [1.807, 2.05) is 26.1 Å². The fraction of sp³-hybridized carbons (Fsp3) is 0.357. The van der Waals surface area contributed by atoms with Gasteiger partial charge in [-0.3, -0.25) is 4.68 Å². The van der Waals surface area contributed by atoms with Crippen LogP contribution < -0.4 is 10.5 Å². The van der Waals surface area contributed by atoms with Crippen LogP contribution in [0, 0.1) is 12.7 Å². The highest BCUT2D eigenvalue weighted by Gasteiger charge is 2.05. The van der Waals surface area contributed by atoms with E-state index in [1.165, 1.54) is 12.1 Å². The highest BCUT2D eigenvalue weighted by atomic mass is 19.1. The Morgan fingerprint density at radius 2 is 2.11 bits per heavy atom. The predicted octanol–water partition coefficient (Wildman–Crippen LogP) is 1.95. The molecule has 0 aliphatic heterocycles. The fourth-order valence-corrected chi connectivity index (χ4v) is 1.97. The van der Waals surface area contributed by atoms with Gasteiger partial charge in [0, 0.05) is 13.1 Å². The molecule has 4 nitrogen and oxygen atoms in total. The summed E-state index contributed by atoms with van der Waals surface area (Å²) in [5.74, 6) is 0.212. The molecule has 5 heteroatoms. The lowest BCUT2D eigenvalue weighted by molar-refractivity contribution is 0.293. The van der Waals surface area contributed by atoms with Crippen LogP contribution in [-0.2, 0) is 20.1 Å². The van der Waals surface area contributed by atoms with Crippen LogP contribution in [0.1, 0.15) is 17.0 Å². The molecule has 19 heavy (non-hydrogen) atoms. The molecule has 0 saturated carbocycles. The molecular formula is C14H18FN3O. The van der Waals surface area contributed by atoms with E-state index in [9.17, 15) is 4.39 Å². The zero-order chi connectivity index (χ0) is 13.8. The van der Waals surface area contributed by atoms with Gasteiger partial charge in [-0.15, -0.1) is 0 Å². The third-order valence-corrected chi connectivity index (χ3v) is 2.85. The summed E-state index contributed by atoms with van der Waals surface area (Å²) >= 11 is 0. The van der Waals surface area contributed by atoms with Crippen molar-refractivity contribution >= 4 is 0 Å². The number of nitrogens with two attached hydrogens (primary N) is 1. The largest absolute Gasteiger partial charge is 0.487 e. The van der Waals surface area contributed by atoms with E-state index in [2.05, 4.69) is 5.10 Å². The van der Waals surface area contributed by atoms with Gasteiger partial charge in [-0.05, 0) is 43.7 Å². The topological polar surface area (TPSA) is 53.1 Å². The maximum Gasteiger partial charge on any atom is 0.130 e. The molecule has 0 fully saturated rings. The minimum atomic E-state index is -0.304. The van der Waals surface area contributed by atoms with Gasteiger partial charge in [-0.25, -0.2) is 4.39 Å². The second-order valence-corrected chi connectivity index (χ2v) is 4.52. The van der Waals surface area contributed by atoms with E-state index >= 15 is 0 Å². The van der Waals surface area contributed by atoms with Crippen LogP contribution in [0.5, 0.6) is 5.75 Å². The summed E-state index contributed by atoms with van der Waals surface area (Å²) in [7, 11) is 1.86. The number of nitrogens with zero attached hydrogens (tertiary/aromatic N) is 2. The lowest BCUT2D eigenvalue weighted by Gasteiger charge is -2.08.